The van der Waals surface area contributed by atoms with Crippen LogP contribution in [0.25, 0.3) is 0 Å². The van der Waals surface area contributed by atoms with Gasteiger partial charge in [-0.25, -0.2) is 4.99 Å². The normalized spacial score (nSPS) is 23.9. The van der Waals surface area contributed by atoms with Crippen LogP contribution in [0.15, 0.2) is 34.5 Å². The lowest BCUT2D eigenvalue weighted by Crippen LogP contribution is -2.43. The summed E-state index contributed by atoms with van der Waals surface area (Å²) in [6.45, 7) is 4.10. The van der Waals surface area contributed by atoms with Gasteiger partial charge in [-0.15, -0.1) is 0 Å². The van der Waals surface area contributed by atoms with Gasteiger partial charge in [0.1, 0.15) is 11.4 Å². The molecule has 5 aliphatic rings. The number of aliphatic carboxylic acids is 1. The van der Waals surface area contributed by atoms with Crippen LogP contribution in [0, 0.1) is 0 Å². The number of carboxylic acids is 1. The van der Waals surface area contributed by atoms with Crippen molar-refractivity contribution in [3.8, 4) is 5.75 Å². The van der Waals surface area contributed by atoms with Crippen molar-refractivity contribution < 1.29 is 14.6 Å². The molecule has 0 saturated carbocycles. The van der Waals surface area contributed by atoms with Gasteiger partial charge in [0.05, 0.1) is 6.04 Å². The number of allylic oxidation sites excluding steroid dienone is 1. The predicted octanol–water partition coefficient (Wildman–Crippen LogP) is 4.00. The van der Waals surface area contributed by atoms with Crippen LogP contribution in [0.1, 0.15) is 49.7 Å². The Balaban J connectivity index is 1.35. The molecule has 1 unspecified atom stereocenters. The Hall–Kier alpha value is -2.60. The lowest BCUT2D eigenvalue weighted by atomic mass is 9.88. The number of piperidine rings is 1. The number of hydrogen-bond acceptors (Lipinski definition) is 5. The van der Waals surface area contributed by atoms with Gasteiger partial charge in [0.25, 0.3) is 0 Å². The number of anilines is 1. The highest BCUT2D eigenvalue weighted by atomic mass is 16.5. The third kappa shape index (κ3) is 3.28. The van der Waals surface area contributed by atoms with Gasteiger partial charge in [0.15, 0.2) is 11.5 Å². The van der Waals surface area contributed by atoms with Crippen molar-refractivity contribution in [3.05, 3.63) is 40.7 Å². The van der Waals surface area contributed by atoms with Gasteiger partial charge in [0, 0.05) is 30.8 Å². The van der Waals surface area contributed by atoms with Gasteiger partial charge in [-0.3, -0.25) is 9.69 Å². The van der Waals surface area contributed by atoms with Crippen molar-refractivity contribution in [1.82, 2.24) is 4.90 Å². The second-order valence-electron chi connectivity index (χ2n) is 9.34. The van der Waals surface area contributed by atoms with E-state index in [1.165, 1.54) is 35.2 Å². The maximum atomic E-state index is 10.9. The van der Waals surface area contributed by atoms with Crippen molar-refractivity contribution in [2.24, 2.45) is 4.99 Å². The molecular formula is C25H29N3O3. The number of likely N-dealkylation sites (tertiary alicyclic amines) is 1. The Labute approximate surface area is 182 Å². The van der Waals surface area contributed by atoms with Crippen LogP contribution in [-0.4, -0.2) is 53.9 Å². The summed E-state index contributed by atoms with van der Waals surface area (Å²) in [5.41, 5.74) is 7.51. The minimum absolute atomic E-state index is 0.198. The maximum absolute atomic E-state index is 10.9. The molecule has 1 fully saturated rings. The van der Waals surface area contributed by atoms with Crippen molar-refractivity contribution in [1.29, 1.82) is 0 Å². The Bertz CT molecular complexity index is 1040. The van der Waals surface area contributed by atoms with Crippen LogP contribution in [0.3, 0.4) is 0 Å². The van der Waals surface area contributed by atoms with E-state index in [0.717, 1.165) is 74.8 Å². The molecule has 162 valence electrons. The quantitative estimate of drug-likeness (QED) is 0.799. The topological polar surface area (TPSA) is 65.4 Å². The highest BCUT2D eigenvalue weighted by Gasteiger charge is 2.35. The molecule has 4 aliphatic heterocycles. The van der Waals surface area contributed by atoms with Gasteiger partial charge >= 0.3 is 5.97 Å². The van der Waals surface area contributed by atoms with Gasteiger partial charge in [-0.1, -0.05) is 0 Å². The minimum Gasteiger partial charge on any atom is -0.481 e. The predicted molar refractivity (Wildman–Crippen MR) is 121 cm³/mol. The van der Waals surface area contributed by atoms with E-state index in [1.54, 1.807) is 0 Å². The Morgan fingerprint density at radius 3 is 2.87 bits per heavy atom. The minimum atomic E-state index is -0.720. The molecule has 1 N–H and O–H groups in total. The third-order valence-corrected chi connectivity index (χ3v) is 7.31. The lowest BCUT2D eigenvalue weighted by molar-refractivity contribution is -0.137. The van der Waals surface area contributed by atoms with Crippen LogP contribution in [0.2, 0.25) is 0 Å². The molecule has 0 bridgehead atoms. The number of nitrogens with zero attached hydrogens (tertiary/aromatic N) is 3. The largest absolute Gasteiger partial charge is 0.481 e. The van der Waals surface area contributed by atoms with Crippen LogP contribution in [0.4, 0.5) is 11.4 Å². The molecule has 1 aromatic carbocycles. The molecule has 1 saturated heterocycles. The molecule has 1 atom stereocenters. The summed E-state index contributed by atoms with van der Waals surface area (Å²) >= 11 is 0. The number of carbonyl (C=O) groups is 1. The van der Waals surface area contributed by atoms with Crippen molar-refractivity contribution in [2.75, 3.05) is 31.1 Å². The zero-order chi connectivity index (χ0) is 20.9. The zero-order valence-corrected chi connectivity index (χ0v) is 17.9. The van der Waals surface area contributed by atoms with E-state index < -0.39 is 5.97 Å². The molecule has 0 spiro atoms. The molecule has 0 amide bonds. The summed E-state index contributed by atoms with van der Waals surface area (Å²) in [5.74, 6) is 1.11. The standard InChI is InChI=1S/C25H29N3O3/c29-23(30)8-4-10-27-9-1-5-16-13-19-22(15-21(16)27)31-25-18-7-3-12-28-11-2-6-17(24(18)28)14-20(25)26-19/h13-15,21H,1-12H2,(H,29,30). The van der Waals surface area contributed by atoms with E-state index in [4.69, 9.17) is 14.8 Å². The van der Waals surface area contributed by atoms with E-state index in [0.29, 0.717) is 6.42 Å². The van der Waals surface area contributed by atoms with Gasteiger partial charge in [-0.2, -0.15) is 0 Å². The Morgan fingerprint density at radius 2 is 2.00 bits per heavy atom. The SMILES string of the molecule is O=C(O)CCCN1CCCC2=CC3=Nc4cc5c6c(c4OC3=CC21)CCCN6CCC5. The molecule has 31 heavy (non-hydrogen) atoms. The summed E-state index contributed by atoms with van der Waals surface area (Å²) < 4.78 is 6.58. The summed E-state index contributed by atoms with van der Waals surface area (Å²) in [6, 6.07) is 2.46. The number of aliphatic imine (C=N–C) groups is 1. The molecule has 6 rings (SSSR count). The second-order valence-corrected chi connectivity index (χ2v) is 9.34. The van der Waals surface area contributed by atoms with Crippen molar-refractivity contribution in [3.63, 3.8) is 0 Å². The fourth-order valence-corrected chi connectivity index (χ4v) is 5.96. The molecular weight excluding hydrogens is 390 g/mol. The smallest absolute Gasteiger partial charge is 0.303 e. The van der Waals surface area contributed by atoms with Crippen molar-refractivity contribution in [2.45, 2.75) is 57.4 Å². The maximum Gasteiger partial charge on any atom is 0.303 e. The first kappa shape index (κ1) is 19.1. The monoisotopic (exact) mass is 419 g/mol. The molecule has 4 heterocycles. The van der Waals surface area contributed by atoms with Gasteiger partial charge in [-0.05, 0) is 87.4 Å². The lowest BCUT2D eigenvalue weighted by Gasteiger charge is -2.40. The highest BCUT2D eigenvalue weighted by Crippen LogP contribution is 2.48. The molecule has 6 nitrogen and oxygen atoms in total. The number of ether oxygens (including phenoxy) is 1. The van der Waals surface area contributed by atoms with E-state index in [-0.39, 0.29) is 12.5 Å². The number of benzene rings is 1. The average molecular weight is 420 g/mol. The first-order chi connectivity index (χ1) is 15.2. The second kappa shape index (κ2) is 7.52. The van der Waals surface area contributed by atoms with E-state index >= 15 is 0 Å². The molecule has 1 aliphatic carbocycles. The first-order valence-electron chi connectivity index (χ1n) is 11.8. The van der Waals surface area contributed by atoms with Crippen LogP contribution in [-0.2, 0) is 17.6 Å². The van der Waals surface area contributed by atoms with E-state index in [1.807, 2.05) is 0 Å². The van der Waals surface area contributed by atoms with Gasteiger partial charge in [0.2, 0.25) is 0 Å². The van der Waals surface area contributed by atoms with Crippen LogP contribution >= 0.6 is 0 Å². The summed E-state index contributed by atoms with van der Waals surface area (Å²) in [4.78, 5) is 20.9. The Morgan fingerprint density at radius 1 is 1.16 bits per heavy atom. The highest BCUT2D eigenvalue weighted by molar-refractivity contribution is 6.11. The third-order valence-electron chi connectivity index (χ3n) is 7.31. The molecule has 1 aromatic rings. The van der Waals surface area contributed by atoms with E-state index in [2.05, 4.69) is 28.0 Å². The number of rotatable bonds is 4. The van der Waals surface area contributed by atoms with Gasteiger partial charge < -0.3 is 14.7 Å². The summed E-state index contributed by atoms with van der Waals surface area (Å²) in [5, 5.41) is 9.00. The van der Waals surface area contributed by atoms with Crippen LogP contribution < -0.4 is 9.64 Å². The summed E-state index contributed by atoms with van der Waals surface area (Å²) in [6.07, 6.45) is 12.1. The number of fused-ring (bicyclic) bond motifs is 4. The van der Waals surface area contributed by atoms with Crippen molar-refractivity contribution >= 4 is 23.1 Å². The Kier molecular flexibility index (Phi) is 4.64. The summed E-state index contributed by atoms with van der Waals surface area (Å²) in [7, 11) is 0. The number of carboxylic acid groups (broad SMARTS) is 1. The molecule has 0 radical (unpaired) electrons. The first-order valence-corrected chi connectivity index (χ1v) is 11.8. The van der Waals surface area contributed by atoms with Crippen LogP contribution in [0.5, 0.6) is 5.75 Å². The van der Waals surface area contributed by atoms with E-state index in [9.17, 15) is 4.79 Å². The zero-order valence-electron chi connectivity index (χ0n) is 17.9. The molecule has 6 heteroatoms. The number of hydrogen-bond donors (Lipinski definition) is 1. The average Bonchev–Trinajstić information content (AvgIpc) is 2.77. The molecule has 0 aromatic heterocycles. The number of aryl methyl sites for hydroxylation is 1. The fourth-order valence-electron chi connectivity index (χ4n) is 5.96. The fraction of sp³-hybridized carbons (Fsp3) is 0.520.